The number of piperidine rings is 1. The molecule has 1 aromatic carbocycles. The van der Waals surface area contributed by atoms with Gasteiger partial charge in [0.25, 0.3) is 0 Å². The first-order chi connectivity index (χ1) is 9.06. The van der Waals surface area contributed by atoms with Crippen LogP contribution in [0.3, 0.4) is 0 Å². The van der Waals surface area contributed by atoms with E-state index in [0.29, 0.717) is 5.92 Å². The zero-order valence-electron chi connectivity index (χ0n) is 11.7. The lowest BCUT2D eigenvalue weighted by molar-refractivity contribution is 0.167. The summed E-state index contributed by atoms with van der Waals surface area (Å²) in [5.74, 6) is 0.599. The van der Waals surface area contributed by atoms with Crippen LogP contribution in [-0.2, 0) is 0 Å². The topological polar surface area (TPSA) is 58.4 Å². The number of amides is 2. The average molecular weight is 261 g/mol. The van der Waals surface area contributed by atoms with Gasteiger partial charge in [-0.05, 0) is 43.4 Å². The van der Waals surface area contributed by atoms with Crippen LogP contribution in [0.4, 0.5) is 10.5 Å². The van der Waals surface area contributed by atoms with Gasteiger partial charge < -0.3 is 16.0 Å². The highest BCUT2D eigenvalue weighted by Crippen LogP contribution is 2.18. The van der Waals surface area contributed by atoms with Gasteiger partial charge in [-0.2, -0.15) is 0 Å². The Kier molecular flexibility index (Phi) is 4.30. The Morgan fingerprint density at radius 1 is 1.53 bits per heavy atom. The molecule has 0 aromatic heterocycles. The van der Waals surface area contributed by atoms with Gasteiger partial charge in [0, 0.05) is 18.8 Å². The van der Waals surface area contributed by atoms with Crippen LogP contribution in [0.2, 0.25) is 0 Å². The summed E-state index contributed by atoms with van der Waals surface area (Å²) < 4.78 is 0. The highest BCUT2D eigenvalue weighted by Gasteiger charge is 2.22. The van der Waals surface area contributed by atoms with Crippen LogP contribution in [0.15, 0.2) is 24.3 Å². The van der Waals surface area contributed by atoms with Crippen LogP contribution in [0.5, 0.6) is 0 Å². The Hall–Kier alpha value is -1.71. The van der Waals surface area contributed by atoms with Crippen LogP contribution < -0.4 is 11.1 Å². The number of nitrogens with two attached hydrogens (primary N) is 1. The van der Waals surface area contributed by atoms with Crippen LogP contribution in [0.1, 0.15) is 38.3 Å². The summed E-state index contributed by atoms with van der Waals surface area (Å²) in [5, 5.41) is 3.05. The molecular formula is C15H23N3O. The van der Waals surface area contributed by atoms with Crippen molar-refractivity contribution in [3.8, 4) is 0 Å². The standard InChI is InChI=1S/C15H23N3O/c1-11-5-4-8-18(10-11)15(19)17-12(2)13-6-3-7-14(16)9-13/h3,6-7,9,11-12H,4-5,8,10,16H2,1-2H3,(H,17,19). The second-order valence-electron chi connectivity index (χ2n) is 5.53. The molecule has 1 aliphatic heterocycles. The molecule has 2 atom stereocenters. The Balaban J connectivity index is 1.94. The minimum atomic E-state index is -0.0202. The first-order valence-electron chi connectivity index (χ1n) is 6.97. The first kappa shape index (κ1) is 13.7. The molecule has 2 unspecified atom stereocenters. The van der Waals surface area contributed by atoms with Crippen molar-refractivity contribution in [1.29, 1.82) is 0 Å². The van der Waals surface area contributed by atoms with Crippen LogP contribution >= 0.6 is 0 Å². The van der Waals surface area contributed by atoms with Crippen molar-refractivity contribution in [1.82, 2.24) is 10.2 Å². The molecule has 0 radical (unpaired) electrons. The largest absolute Gasteiger partial charge is 0.399 e. The molecule has 1 aliphatic rings. The second-order valence-corrected chi connectivity index (χ2v) is 5.53. The number of carbonyl (C=O) groups is 1. The van der Waals surface area contributed by atoms with Gasteiger partial charge in [-0.1, -0.05) is 19.1 Å². The van der Waals surface area contributed by atoms with Crippen molar-refractivity contribution >= 4 is 11.7 Å². The van der Waals surface area contributed by atoms with Crippen molar-refractivity contribution in [2.24, 2.45) is 5.92 Å². The number of hydrogen-bond donors (Lipinski definition) is 2. The van der Waals surface area contributed by atoms with Gasteiger partial charge in [0.15, 0.2) is 0 Å². The summed E-state index contributed by atoms with van der Waals surface area (Å²) in [6, 6.07) is 7.67. The van der Waals surface area contributed by atoms with E-state index in [-0.39, 0.29) is 12.1 Å². The third kappa shape index (κ3) is 3.63. The maximum absolute atomic E-state index is 12.2. The molecule has 4 nitrogen and oxygen atoms in total. The van der Waals surface area contributed by atoms with Gasteiger partial charge in [0.05, 0.1) is 6.04 Å². The normalized spacial score (nSPS) is 20.9. The summed E-state index contributed by atoms with van der Waals surface area (Å²) in [6.07, 6.45) is 2.32. The van der Waals surface area contributed by atoms with Gasteiger partial charge in [-0.25, -0.2) is 4.79 Å². The molecule has 4 heteroatoms. The number of carbonyl (C=O) groups excluding carboxylic acids is 1. The van der Waals surface area contributed by atoms with E-state index >= 15 is 0 Å². The Labute approximate surface area is 115 Å². The van der Waals surface area contributed by atoms with Crippen molar-refractivity contribution in [3.63, 3.8) is 0 Å². The van der Waals surface area contributed by atoms with Crippen LogP contribution in [0, 0.1) is 5.92 Å². The van der Waals surface area contributed by atoms with E-state index in [2.05, 4.69) is 12.2 Å². The lowest BCUT2D eigenvalue weighted by Crippen LogP contribution is -2.45. The van der Waals surface area contributed by atoms with Gasteiger partial charge in [0.2, 0.25) is 0 Å². The summed E-state index contributed by atoms with van der Waals surface area (Å²) in [7, 11) is 0. The summed E-state index contributed by atoms with van der Waals surface area (Å²) in [5.41, 5.74) is 7.53. The molecule has 0 saturated carbocycles. The van der Waals surface area contributed by atoms with Crippen molar-refractivity contribution in [2.75, 3.05) is 18.8 Å². The van der Waals surface area contributed by atoms with E-state index in [0.717, 1.165) is 30.8 Å². The molecule has 0 bridgehead atoms. The monoisotopic (exact) mass is 261 g/mol. The molecule has 3 N–H and O–H groups in total. The molecule has 19 heavy (non-hydrogen) atoms. The molecule has 0 spiro atoms. The van der Waals surface area contributed by atoms with Crippen LogP contribution in [-0.4, -0.2) is 24.0 Å². The predicted molar refractivity (Wildman–Crippen MR) is 77.8 cm³/mol. The molecule has 2 amide bonds. The Morgan fingerprint density at radius 3 is 3.00 bits per heavy atom. The molecule has 1 aromatic rings. The molecule has 104 valence electrons. The van der Waals surface area contributed by atoms with Gasteiger partial charge in [-0.15, -0.1) is 0 Å². The van der Waals surface area contributed by atoms with Crippen molar-refractivity contribution < 1.29 is 4.79 Å². The number of nitrogen functional groups attached to an aromatic ring is 1. The highest BCUT2D eigenvalue weighted by atomic mass is 16.2. The zero-order chi connectivity index (χ0) is 13.8. The number of benzene rings is 1. The Bertz CT molecular complexity index is 447. The molecule has 1 heterocycles. The SMILES string of the molecule is CC1CCCN(C(=O)NC(C)c2cccc(N)c2)C1. The molecule has 0 aliphatic carbocycles. The van der Waals surface area contributed by atoms with E-state index in [9.17, 15) is 4.79 Å². The first-order valence-corrected chi connectivity index (χ1v) is 6.97. The third-order valence-corrected chi connectivity index (χ3v) is 3.69. The third-order valence-electron chi connectivity index (χ3n) is 3.69. The van der Waals surface area contributed by atoms with E-state index < -0.39 is 0 Å². The number of hydrogen-bond acceptors (Lipinski definition) is 2. The predicted octanol–water partition coefficient (Wildman–Crippen LogP) is 2.77. The fraction of sp³-hybridized carbons (Fsp3) is 0.533. The van der Waals surface area contributed by atoms with Gasteiger partial charge in [-0.3, -0.25) is 0 Å². The summed E-state index contributed by atoms with van der Waals surface area (Å²) in [6.45, 7) is 5.90. The number of urea groups is 1. The number of rotatable bonds is 2. The number of anilines is 1. The fourth-order valence-corrected chi connectivity index (χ4v) is 2.56. The maximum Gasteiger partial charge on any atom is 0.317 e. The smallest absolute Gasteiger partial charge is 0.317 e. The summed E-state index contributed by atoms with van der Waals surface area (Å²) >= 11 is 0. The van der Waals surface area contributed by atoms with Gasteiger partial charge in [0.1, 0.15) is 0 Å². The minimum Gasteiger partial charge on any atom is -0.399 e. The zero-order valence-corrected chi connectivity index (χ0v) is 11.7. The second kappa shape index (κ2) is 5.95. The van der Waals surface area contributed by atoms with Crippen molar-refractivity contribution in [3.05, 3.63) is 29.8 Å². The molecular weight excluding hydrogens is 238 g/mol. The van der Waals surface area contributed by atoms with E-state index in [4.69, 9.17) is 5.73 Å². The molecule has 1 fully saturated rings. The lowest BCUT2D eigenvalue weighted by atomic mass is 10.0. The quantitative estimate of drug-likeness (QED) is 0.804. The number of nitrogens with zero attached hydrogens (tertiary/aromatic N) is 1. The molecule has 1 saturated heterocycles. The lowest BCUT2D eigenvalue weighted by Gasteiger charge is -2.32. The average Bonchev–Trinajstić information content (AvgIpc) is 2.38. The van der Waals surface area contributed by atoms with Crippen molar-refractivity contribution in [2.45, 2.75) is 32.7 Å². The van der Waals surface area contributed by atoms with Crippen LogP contribution in [0.25, 0.3) is 0 Å². The van der Waals surface area contributed by atoms with E-state index in [1.165, 1.54) is 6.42 Å². The van der Waals surface area contributed by atoms with Gasteiger partial charge >= 0.3 is 6.03 Å². The molecule has 2 rings (SSSR count). The number of likely N-dealkylation sites (tertiary alicyclic amines) is 1. The summed E-state index contributed by atoms with van der Waals surface area (Å²) in [4.78, 5) is 14.1. The van der Waals surface area contributed by atoms with E-state index in [1.54, 1.807) is 0 Å². The highest BCUT2D eigenvalue weighted by molar-refractivity contribution is 5.74. The fourth-order valence-electron chi connectivity index (χ4n) is 2.56. The minimum absolute atomic E-state index is 0.0202. The van der Waals surface area contributed by atoms with E-state index in [1.807, 2.05) is 36.1 Å². The number of nitrogens with one attached hydrogen (secondary N) is 1. The Morgan fingerprint density at radius 2 is 2.32 bits per heavy atom. The maximum atomic E-state index is 12.2.